The van der Waals surface area contributed by atoms with Crippen LogP contribution >= 0.6 is 0 Å². The smallest absolute Gasteiger partial charge is 0.430 e. The Morgan fingerprint density at radius 1 is 1.27 bits per heavy atom. The van der Waals surface area contributed by atoms with Crippen LogP contribution < -0.4 is 32.4 Å². The average Bonchev–Trinajstić information content (AvgIpc) is 2.56. The summed E-state index contributed by atoms with van der Waals surface area (Å²) < 4.78 is 38.7. The molecule has 2 rings (SSSR count). The lowest BCUT2D eigenvalue weighted by Gasteiger charge is -2.15. The van der Waals surface area contributed by atoms with Gasteiger partial charge in [0.15, 0.2) is 3.57 Å². The number of aromatic nitrogens is 1. The maximum Gasteiger partial charge on any atom is 0.430 e. The summed E-state index contributed by atoms with van der Waals surface area (Å²) in [5.41, 5.74) is 4.62. The first-order chi connectivity index (χ1) is 12.1. The van der Waals surface area contributed by atoms with Crippen molar-refractivity contribution in [3.8, 4) is 16.9 Å². The molecule has 0 saturated carbocycles. The standard InChI is InChI=1S/C16H19INO.C2HF3O2/c1-4-12-9-13(17)10-15(16(12)19-5-2)14-7-6-8-18-11(14)3;3-2(4,5)1(6)7/h6-10,17H,4-5H2,1-3H3;(H,6,7)/q+1;/p-1. The molecule has 0 spiro atoms. The van der Waals surface area contributed by atoms with E-state index in [1.165, 1.54) is 9.13 Å². The van der Waals surface area contributed by atoms with Crippen molar-refractivity contribution >= 4 is 5.97 Å². The number of halogens is 4. The van der Waals surface area contributed by atoms with E-state index in [-0.39, 0.29) is 0 Å². The zero-order valence-corrected chi connectivity index (χ0v) is 16.8. The summed E-state index contributed by atoms with van der Waals surface area (Å²) in [5, 5.41) is 8.78. The molecule has 0 aliphatic rings. The second-order valence-corrected chi connectivity index (χ2v) is 6.51. The normalized spacial score (nSPS) is 10.7. The monoisotopic (exact) mass is 481 g/mol. The number of ether oxygens (including phenoxy) is 1. The number of hydrogen-bond donors (Lipinski definition) is 0. The van der Waals surface area contributed by atoms with Gasteiger partial charge in [0, 0.05) is 29.1 Å². The van der Waals surface area contributed by atoms with Gasteiger partial charge in [-0.3, -0.25) is 4.98 Å². The van der Waals surface area contributed by atoms with Crippen LogP contribution in [0.5, 0.6) is 5.75 Å². The molecule has 0 N–H and O–H groups in total. The number of alkyl halides is 3. The van der Waals surface area contributed by atoms with Gasteiger partial charge >= 0.3 is 6.18 Å². The van der Waals surface area contributed by atoms with Gasteiger partial charge in [0.25, 0.3) is 22.6 Å². The highest BCUT2D eigenvalue weighted by molar-refractivity contribution is 5.73. The average molecular weight is 481 g/mol. The van der Waals surface area contributed by atoms with Crippen molar-refractivity contribution in [2.45, 2.75) is 33.4 Å². The molecule has 0 unspecified atom stereocenters. The molecule has 2 aromatic rings. The first kappa shape index (κ1) is 22.2. The number of pyridine rings is 1. The highest BCUT2D eigenvalue weighted by Gasteiger charge is 2.28. The molecular formula is C18H19F3INO3. The summed E-state index contributed by atoms with van der Waals surface area (Å²) >= 11 is 2.05. The Bertz CT molecular complexity index is 764. The molecule has 0 aliphatic heterocycles. The zero-order chi connectivity index (χ0) is 19.9. The second kappa shape index (κ2) is 9.75. The summed E-state index contributed by atoms with van der Waals surface area (Å²) in [4.78, 5) is 13.2. The number of carboxylic acids is 1. The quantitative estimate of drug-likeness (QED) is 0.567. The van der Waals surface area contributed by atoms with Crippen molar-refractivity contribution in [1.29, 1.82) is 0 Å². The van der Waals surface area contributed by atoms with Crippen LogP contribution in [0.4, 0.5) is 13.2 Å². The van der Waals surface area contributed by atoms with Gasteiger partial charge in [-0.25, -0.2) is 0 Å². The van der Waals surface area contributed by atoms with E-state index in [0.29, 0.717) is 6.61 Å². The third kappa shape index (κ3) is 6.15. The van der Waals surface area contributed by atoms with Crippen LogP contribution in [0, 0.1) is 10.5 Å². The van der Waals surface area contributed by atoms with Crippen molar-refractivity contribution in [3.63, 3.8) is 0 Å². The number of benzene rings is 1. The first-order valence-electron chi connectivity index (χ1n) is 7.78. The van der Waals surface area contributed by atoms with Gasteiger partial charge in [-0.05, 0) is 38.0 Å². The lowest BCUT2D eigenvalue weighted by atomic mass is 9.99. The van der Waals surface area contributed by atoms with E-state index in [0.717, 1.165) is 29.0 Å². The summed E-state index contributed by atoms with van der Waals surface area (Å²) in [6, 6.07) is 8.50. The van der Waals surface area contributed by atoms with E-state index in [1.54, 1.807) is 0 Å². The highest BCUT2D eigenvalue weighted by Crippen LogP contribution is 2.34. The number of aliphatic carboxylic acids is 1. The fourth-order valence-corrected chi connectivity index (χ4v) is 2.95. The minimum Gasteiger partial charge on any atom is -0.542 e. The van der Waals surface area contributed by atoms with Gasteiger partial charge in [0.1, 0.15) is 11.7 Å². The van der Waals surface area contributed by atoms with E-state index in [1.807, 2.05) is 26.1 Å². The number of carbonyl (C=O) groups is 1. The number of rotatable bonds is 4. The number of carbonyl (C=O) groups excluding carboxylic acids is 1. The lowest BCUT2D eigenvalue weighted by Crippen LogP contribution is -3.34. The van der Waals surface area contributed by atoms with E-state index in [4.69, 9.17) is 14.6 Å². The molecule has 4 nitrogen and oxygen atoms in total. The predicted molar refractivity (Wildman–Crippen MR) is 86.1 cm³/mol. The van der Waals surface area contributed by atoms with Crippen molar-refractivity contribution < 1.29 is 50.4 Å². The molecule has 0 fully saturated rings. The Labute approximate surface area is 163 Å². The van der Waals surface area contributed by atoms with E-state index in [2.05, 4.69) is 52.7 Å². The van der Waals surface area contributed by atoms with Gasteiger partial charge in [0.05, 0.1) is 6.61 Å². The molecule has 0 amide bonds. The van der Waals surface area contributed by atoms with Crippen molar-refractivity contribution in [2.75, 3.05) is 6.61 Å². The topological polar surface area (TPSA) is 62.2 Å². The molecule has 0 saturated heterocycles. The Balaban J connectivity index is 0.000000412. The Hall–Kier alpha value is -1.84. The zero-order valence-electron chi connectivity index (χ0n) is 14.5. The molecule has 0 aliphatic carbocycles. The molecule has 0 bridgehead atoms. The number of nitrogens with zero attached hydrogens (tertiary/aromatic N) is 1. The molecular weight excluding hydrogens is 462 g/mol. The fraction of sp³-hybridized carbons (Fsp3) is 0.333. The minimum absolute atomic E-state index is 0.684. The molecule has 0 radical (unpaired) electrons. The second-order valence-electron chi connectivity index (χ2n) is 5.17. The van der Waals surface area contributed by atoms with Crippen LogP contribution in [0.2, 0.25) is 0 Å². The van der Waals surface area contributed by atoms with E-state index in [9.17, 15) is 13.2 Å². The lowest BCUT2D eigenvalue weighted by molar-refractivity contribution is -0.344. The van der Waals surface area contributed by atoms with Crippen molar-refractivity contribution in [3.05, 3.63) is 45.3 Å². The van der Waals surface area contributed by atoms with Crippen LogP contribution in [0.15, 0.2) is 30.5 Å². The third-order valence-electron chi connectivity index (χ3n) is 3.34. The summed E-state index contributed by atoms with van der Waals surface area (Å²) in [5.74, 6) is -2.00. The summed E-state index contributed by atoms with van der Waals surface area (Å²) in [7, 11) is 0. The number of aryl methyl sites for hydroxylation is 2. The Kier molecular flexibility index (Phi) is 8.32. The molecule has 1 aromatic carbocycles. The van der Waals surface area contributed by atoms with Crippen LogP contribution in [0.25, 0.3) is 11.1 Å². The van der Waals surface area contributed by atoms with Crippen molar-refractivity contribution in [2.24, 2.45) is 0 Å². The Morgan fingerprint density at radius 2 is 1.88 bits per heavy atom. The number of carboxylic acid groups (broad SMARTS) is 1. The van der Waals surface area contributed by atoms with Gasteiger partial charge < -0.3 is 14.6 Å². The van der Waals surface area contributed by atoms with Gasteiger partial charge in [-0.15, -0.1) is 0 Å². The van der Waals surface area contributed by atoms with Gasteiger partial charge in [-0.2, -0.15) is 13.2 Å². The molecule has 26 heavy (non-hydrogen) atoms. The van der Waals surface area contributed by atoms with Crippen LogP contribution in [-0.4, -0.2) is 23.7 Å². The maximum absolute atomic E-state index is 10.5. The maximum atomic E-state index is 10.5. The third-order valence-corrected chi connectivity index (χ3v) is 4.01. The molecule has 0 atom stereocenters. The van der Waals surface area contributed by atoms with Gasteiger partial charge in [0.2, 0.25) is 0 Å². The fourth-order valence-electron chi connectivity index (χ4n) is 2.21. The molecule has 142 valence electrons. The highest BCUT2D eigenvalue weighted by atomic mass is 127. The Morgan fingerprint density at radius 3 is 2.35 bits per heavy atom. The van der Waals surface area contributed by atoms with E-state index < -0.39 is 12.1 Å². The van der Waals surface area contributed by atoms with Crippen molar-refractivity contribution in [1.82, 2.24) is 4.98 Å². The van der Waals surface area contributed by atoms with Crippen LogP contribution in [0.1, 0.15) is 25.1 Å². The molecule has 1 heterocycles. The summed E-state index contributed by atoms with van der Waals surface area (Å²) in [6.07, 6.45) is -2.39. The molecule has 8 heteroatoms. The minimum atomic E-state index is -5.19. The van der Waals surface area contributed by atoms with E-state index >= 15 is 0 Å². The predicted octanol–water partition coefficient (Wildman–Crippen LogP) is -0.228. The summed E-state index contributed by atoms with van der Waals surface area (Å²) in [6.45, 7) is 6.92. The first-order valence-corrected chi connectivity index (χ1v) is 8.95. The van der Waals surface area contributed by atoms with Crippen LogP contribution in [-0.2, 0) is 11.2 Å². The largest absolute Gasteiger partial charge is 0.542 e. The number of hydrogen-bond acceptors (Lipinski definition) is 4. The van der Waals surface area contributed by atoms with Gasteiger partial charge in [-0.1, -0.05) is 13.0 Å². The molecule has 1 aromatic heterocycles. The SMILES string of the molecule is CCOc1c(CC)cc([IH+])cc1-c1cccnc1C.O=C([O-])C(F)(F)F. The van der Waals surface area contributed by atoms with Crippen LogP contribution in [0.3, 0.4) is 0 Å².